The van der Waals surface area contributed by atoms with Gasteiger partial charge in [0.25, 0.3) is 0 Å². The lowest BCUT2D eigenvalue weighted by molar-refractivity contribution is -0.141. The van der Waals surface area contributed by atoms with Crippen LogP contribution >= 0.6 is 11.6 Å². The van der Waals surface area contributed by atoms with Gasteiger partial charge in [0.15, 0.2) is 0 Å². The number of aliphatic hydroxyl groups excluding tert-OH is 1. The monoisotopic (exact) mass is 629 g/mol. The topological polar surface area (TPSA) is 150 Å². The SMILES string of the molecule is CN(CCOCCc1ccc(NC(=O)NCc2ccc3c(c2)CN(C2CCC(=O)NC2=O)C3O)cc1Cl)C(=O)OC(C)(C)C. The average molecular weight is 630 g/mol. The Balaban J connectivity index is 1.19. The molecule has 0 saturated carbocycles. The highest BCUT2D eigenvalue weighted by Gasteiger charge is 2.39. The molecule has 0 aliphatic carbocycles. The van der Waals surface area contributed by atoms with Crippen molar-refractivity contribution >= 4 is 41.2 Å². The molecule has 13 heteroatoms. The Bertz CT molecular complexity index is 1400. The number of anilines is 1. The summed E-state index contributed by atoms with van der Waals surface area (Å²) in [6.45, 7) is 7.23. The van der Waals surface area contributed by atoms with Gasteiger partial charge < -0.3 is 30.1 Å². The van der Waals surface area contributed by atoms with Crippen molar-refractivity contribution in [2.24, 2.45) is 0 Å². The van der Waals surface area contributed by atoms with E-state index < -0.39 is 35.9 Å². The molecule has 2 aromatic carbocycles. The summed E-state index contributed by atoms with van der Waals surface area (Å²) >= 11 is 6.44. The molecule has 0 bridgehead atoms. The molecular formula is C31H40ClN5O7. The first kappa shape index (κ1) is 33.2. The van der Waals surface area contributed by atoms with Crippen LogP contribution in [0.4, 0.5) is 15.3 Å². The molecule has 2 atom stereocenters. The predicted molar refractivity (Wildman–Crippen MR) is 164 cm³/mol. The van der Waals surface area contributed by atoms with Crippen molar-refractivity contribution in [1.29, 1.82) is 0 Å². The van der Waals surface area contributed by atoms with Gasteiger partial charge in [-0.2, -0.15) is 0 Å². The van der Waals surface area contributed by atoms with E-state index in [2.05, 4.69) is 16.0 Å². The van der Waals surface area contributed by atoms with Gasteiger partial charge in [0.1, 0.15) is 11.8 Å². The summed E-state index contributed by atoms with van der Waals surface area (Å²) < 4.78 is 11.0. The van der Waals surface area contributed by atoms with Crippen molar-refractivity contribution in [2.75, 3.05) is 32.1 Å². The number of hydrogen-bond donors (Lipinski definition) is 4. The maximum Gasteiger partial charge on any atom is 0.410 e. The first-order chi connectivity index (χ1) is 20.8. The molecule has 2 unspecified atom stereocenters. The minimum Gasteiger partial charge on any atom is -0.444 e. The van der Waals surface area contributed by atoms with Crippen LogP contribution in [0.3, 0.4) is 0 Å². The number of benzene rings is 2. The van der Waals surface area contributed by atoms with Crippen molar-refractivity contribution < 1.29 is 33.8 Å². The van der Waals surface area contributed by atoms with Gasteiger partial charge >= 0.3 is 12.1 Å². The third kappa shape index (κ3) is 8.91. The van der Waals surface area contributed by atoms with Crippen LogP contribution in [0.2, 0.25) is 5.02 Å². The molecule has 1 fully saturated rings. The van der Waals surface area contributed by atoms with E-state index in [0.717, 1.165) is 16.7 Å². The van der Waals surface area contributed by atoms with Crippen LogP contribution in [-0.2, 0) is 38.6 Å². The lowest BCUT2D eigenvalue weighted by atomic mass is 10.0. The number of amides is 5. The maximum atomic E-state index is 12.6. The lowest BCUT2D eigenvalue weighted by Gasteiger charge is -2.31. The number of carbonyl (C=O) groups is 4. The molecule has 2 aliphatic heterocycles. The normalized spacial score (nSPS) is 18.4. The maximum absolute atomic E-state index is 12.6. The van der Waals surface area contributed by atoms with E-state index in [1.807, 2.05) is 39.0 Å². The Labute approximate surface area is 262 Å². The number of nitrogens with zero attached hydrogens (tertiary/aromatic N) is 2. The summed E-state index contributed by atoms with van der Waals surface area (Å²) in [5.74, 6) is -0.696. The Morgan fingerprint density at radius 2 is 1.93 bits per heavy atom. The number of fused-ring (bicyclic) bond motifs is 1. The van der Waals surface area contributed by atoms with E-state index in [4.69, 9.17) is 21.1 Å². The van der Waals surface area contributed by atoms with Crippen LogP contribution in [0.1, 0.15) is 62.1 Å². The Kier molecular flexibility index (Phi) is 10.8. The largest absolute Gasteiger partial charge is 0.444 e. The van der Waals surface area contributed by atoms with Crippen molar-refractivity contribution in [3.8, 4) is 0 Å². The summed E-state index contributed by atoms with van der Waals surface area (Å²) in [5, 5.41) is 19.2. The summed E-state index contributed by atoms with van der Waals surface area (Å²) in [4.78, 5) is 51.5. The molecule has 44 heavy (non-hydrogen) atoms. The molecule has 0 spiro atoms. The molecule has 2 aromatic rings. The molecule has 1 saturated heterocycles. The molecule has 4 rings (SSSR count). The first-order valence-corrected chi connectivity index (χ1v) is 14.9. The number of piperidine rings is 1. The van der Waals surface area contributed by atoms with Crippen LogP contribution in [-0.4, -0.2) is 77.3 Å². The number of imide groups is 1. The minimum atomic E-state index is -0.940. The highest BCUT2D eigenvalue weighted by Crippen LogP contribution is 2.35. The number of halogens is 1. The summed E-state index contributed by atoms with van der Waals surface area (Å²) in [7, 11) is 1.66. The number of urea groups is 1. The number of hydrogen-bond acceptors (Lipinski definition) is 8. The van der Waals surface area contributed by atoms with Gasteiger partial charge in [0, 0.05) is 43.8 Å². The van der Waals surface area contributed by atoms with E-state index in [1.165, 1.54) is 4.90 Å². The lowest BCUT2D eigenvalue weighted by Crippen LogP contribution is -2.51. The third-order valence-corrected chi connectivity index (χ3v) is 7.67. The van der Waals surface area contributed by atoms with Crippen molar-refractivity contribution in [3.05, 3.63) is 63.7 Å². The molecule has 4 N–H and O–H groups in total. The fourth-order valence-corrected chi connectivity index (χ4v) is 5.28. The second kappa shape index (κ2) is 14.4. The molecule has 5 amide bonds. The van der Waals surface area contributed by atoms with Crippen LogP contribution < -0.4 is 16.0 Å². The van der Waals surface area contributed by atoms with Crippen LogP contribution in [0.15, 0.2) is 36.4 Å². The minimum absolute atomic E-state index is 0.235. The number of aliphatic hydroxyl groups is 1. The summed E-state index contributed by atoms with van der Waals surface area (Å²) in [6.07, 6.45) is -0.182. The van der Waals surface area contributed by atoms with Gasteiger partial charge in [0.2, 0.25) is 11.8 Å². The Morgan fingerprint density at radius 3 is 2.64 bits per heavy atom. The summed E-state index contributed by atoms with van der Waals surface area (Å²) in [6, 6.07) is 9.79. The van der Waals surface area contributed by atoms with Crippen molar-refractivity contribution in [3.63, 3.8) is 0 Å². The Hall–Kier alpha value is -3.71. The molecule has 238 valence electrons. The second-order valence-electron chi connectivity index (χ2n) is 11.9. The molecule has 0 aromatic heterocycles. The summed E-state index contributed by atoms with van der Waals surface area (Å²) in [5.41, 5.74) is 3.25. The highest BCUT2D eigenvalue weighted by molar-refractivity contribution is 6.31. The zero-order chi connectivity index (χ0) is 32.0. The quantitative estimate of drug-likeness (QED) is 0.230. The average Bonchev–Trinajstić information content (AvgIpc) is 3.26. The van der Waals surface area contributed by atoms with Gasteiger partial charge in [-0.1, -0.05) is 35.9 Å². The number of likely N-dealkylation sites (N-methyl/N-ethyl adjacent to an activating group) is 1. The van der Waals surface area contributed by atoms with Gasteiger partial charge in [-0.3, -0.25) is 19.8 Å². The van der Waals surface area contributed by atoms with Crippen LogP contribution in [0, 0.1) is 0 Å². The fourth-order valence-electron chi connectivity index (χ4n) is 5.00. The zero-order valence-electron chi connectivity index (χ0n) is 25.4. The number of ether oxygens (including phenoxy) is 2. The van der Waals surface area contributed by atoms with Gasteiger partial charge in [0.05, 0.1) is 19.3 Å². The van der Waals surface area contributed by atoms with E-state index in [1.54, 1.807) is 30.1 Å². The van der Waals surface area contributed by atoms with Gasteiger partial charge in [-0.25, -0.2) is 9.59 Å². The van der Waals surface area contributed by atoms with E-state index in [0.29, 0.717) is 55.4 Å². The fraction of sp³-hybridized carbons (Fsp3) is 0.484. The second-order valence-corrected chi connectivity index (χ2v) is 12.3. The van der Waals surface area contributed by atoms with E-state index in [-0.39, 0.29) is 18.9 Å². The van der Waals surface area contributed by atoms with Crippen molar-refractivity contribution in [1.82, 2.24) is 20.4 Å². The number of carbonyl (C=O) groups excluding carboxylic acids is 4. The molecule has 12 nitrogen and oxygen atoms in total. The van der Waals surface area contributed by atoms with E-state index >= 15 is 0 Å². The molecular weight excluding hydrogens is 590 g/mol. The molecule has 2 aliphatic rings. The van der Waals surface area contributed by atoms with Crippen molar-refractivity contribution in [2.45, 2.75) is 71.0 Å². The number of rotatable bonds is 10. The highest BCUT2D eigenvalue weighted by atomic mass is 35.5. The third-order valence-electron chi connectivity index (χ3n) is 7.32. The standard InChI is InChI=1S/C31H40ClN5O7/c1-31(2,3)44-30(42)36(4)12-14-43-13-11-20-6-7-22(16-24(20)32)34-29(41)33-17-19-5-8-23-21(15-19)18-37(28(23)40)25-9-10-26(38)35-27(25)39/h5-8,15-16,25,28,40H,9-14,17-18H2,1-4H3,(H2,33,34,41)(H,35,38,39). The molecule has 2 heterocycles. The molecule has 0 radical (unpaired) electrons. The predicted octanol–water partition coefficient (Wildman–Crippen LogP) is 3.70. The van der Waals surface area contributed by atoms with Crippen LogP contribution in [0.25, 0.3) is 0 Å². The first-order valence-electron chi connectivity index (χ1n) is 14.5. The van der Waals surface area contributed by atoms with Gasteiger partial charge in [-0.15, -0.1) is 0 Å². The van der Waals surface area contributed by atoms with Crippen LogP contribution in [0.5, 0.6) is 0 Å². The Morgan fingerprint density at radius 1 is 1.16 bits per heavy atom. The number of nitrogens with one attached hydrogen (secondary N) is 3. The van der Waals surface area contributed by atoms with E-state index in [9.17, 15) is 24.3 Å². The van der Waals surface area contributed by atoms with Gasteiger partial charge in [-0.05, 0) is 68.0 Å². The zero-order valence-corrected chi connectivity index (χ0v) is 26.2. The smallest absolute Gasteiger partial charge is 0.410 e.